The van der Waals surface area contributed by atoms with Gasteiger partial charge >= 0.3 is 0 Å². The summed E-state index contributed by atoms with van der Waals surface area (Å²) in [6.45, 7) is -0.0891. The zero-order valence-electron chi connectivity index (χ0n) is 14.1. The lowest BCUT2D eigenvalue weighted by Crippen LogP contribution is -2.64. The van der Waals surface area contributed by atoms with Gasteiger partial charge in [0.25, 0.3) is 5.91 Å². The van der Waals surface area contributed by atoms with Crippen molar-refractivity contribution in [3.05, 3.63) is 71.4 Å². The Morgan fingerprint density at radius 3 is 2.54 bits per heavy atom. The number of nitrogens with zero attached hydrogens (tertiary/aromatic N) is 2. The summed E-state index contributed by atoms with van der Waals surface area (Å²) in [5.41, 5.74) is 4.08. The predicted molar refractivity (Wildman–Crippen MR) is 96.8 cm³/mol. The van der Waals surface area contributed by atoms with Crippen LogP contribution in [0.2, 0.25) is 0 Å². The van der Waals surface area contributed by atoms with Gasteiger partial charge in [-0.15, -0.1) is 0 Å². The molecule has 5 rings (SSSR count). The molecule has 1 aromatic heterocycles. The number of aromatic nitrogens is 1. The largest absolute Gasteiger partial charge is 0.356 e. The zero-order chi connectivity index (χ0) is 17.8. The Morgan fingerprint density at radius 2 is 1.73 bits per heavy atom. The maximum absolute atomic E-state index is 12.8. The van der Waals surface area contributed by atoms with E-state index >= 15 is 0 Å². The maximum Gasteiger partial charge on any atom is 0.260 e. The molecule has 1 saturated heterocycles. The maximum atomic E-state index is 12.8. The third-order valence-corrected chi connectivity index (χ3v) is 5.41. The van der Waals surface area contributed by atoms with Crippen LogP contribution in [-0.2, 0) is 16.0 Å². The average molecular weight is 346 g/mol. The first-order chi connectivity index (χ1) is 12.6. The molecule has 0 aliphatic carbocycles. The van der Waals surface area contributed by atoms with E-state index in [0.29, 0.717) is 6.42 Å². The van der Waals surface area contributed by atoms with E-state index in [9.17, 15) is 9.59 Å². The summed E-state index contributed by atoms with van der Waals surface area (Å²) >= 11 is 0. The molecule has 6 nitrogen and oxygen atoms in total. The number of aromatic amines is 1. The highest BCUT2D eigenvalue weighted by atomic mass is 16.2. The standard InChI is InChI=1S/C20H18N4O2/c21-23-11-17(25)24-16(20(23)26)10-14-13-8-4-5-9-15(13)22-18(14)19(24)12-6-2-1-3-7-12/h1-9,16,19,22H,10-11,21H2/t16-,19?/m0/s1. The second-order valence-corrected chi connectivity index (χ2v) is 6.86. The summed E-state index contributed by atoms with van der Waals surface area (Å²) in [4.78, 5) is 30.8. The lowest BCUT2D eigenvalue weighted by Gasteiger charge is -2.46. The van der Waals surface area contributed by atoms with Crippen LogP contribution in [-0.4, -0.2) is 39.3 Å². The van der Waals surface area contributed by atoms with Crippen molar-refractivity contribution in [2.24, 2.45) is 5.84 Å². The number of piperazine rings is 1. The molecular weight excluding hydrogens is 328 g/mol. The van der Waals surface area contributed by atoms with Gasteiger partial charge in [-0.3, -0.25) is 14.6 Å². The van der Waals surface area contributed by atoms with Crippen molar-refractivity contribution < 1.29 is 9.59 Å². The van der Waals surface area contributed by atoms with Gasteiger partial charge in [-0.1, -0.05) is 48.5 Å². The zero-order valence-corrected chi connectivity index (χ0v) is 14.1. The van der Waals surface area contributed by atoms with Crippen LogP contribution in [0.5, 0.6) is 0 Å². The summed E-state index contributed by atoms with van der Waals surface area (Å²) in [5, 5.41) is 2.14. The monoisotopic (exact) mass is 346 g/mol. The number of fused-ring (bicyclic) bond motifs is 4. The van der Waals surface area contributed by atoms with Gasteiger partial charge in [-0.05, 0) is 17.2 Å². The Balaban J connectivity index is 1.77. The van der Waals surface area contributed by atoms with Crippen LogP contribution < -0.4 is 5.84 Å². The minimum Gasteiger partial charge on any atom is -0.356 e. The van der Waals surface area contributed by atoms with Crippen LogP contribution >= 0.6 is 0 Å². The molecule has 26 heavy (non-hydrogen) atoms. The fraction of sp³-hybridized carbons (Fsp3) is 0.200. The fourth-order valence-corrected chi connectivity index (χ4v) is 4.27. The molecule has 2 atom stereocenters. The van der Waals surface area contributed by atoms with Crippen molar-refractivity contribution >= 4 is 22.7 Å². The molecule has 130 valence electrons. The summed E-state index contributed by atoms with van der Waals surface area (Å²) in [6, 6.07) is 17.0. The van der Waals surface area contributed by atoms with Crippen LogP contribution in [0.15, 0.2) is 54.6 Å². The molecule has 3 N–H and O–H groups in total. The van der Waals surface area contributed by atoms with Crippen LogP contribution in [0.4, 0.5) is 0 Å². The summed E-state index contributed by atoms with van der Waals surface area (Å²) in [6.07, 6.45) is 0.473. The molecule has 1 fully saturated rings. The number of H-pyrrole nitrogens is 1. The third kappa shape index (κ3) is 2.02. The second kappa shape index (κ2) is 5.44. The van der Waals surface area contributed by atoms with Gasteiger partial charge in [-0.25, -0.2) is 5.84 Å². The molecule has 0 saturated carbocycles. The number of hydrogen-bond acceptors (Lipinski definition) is 3. The van der Waals surface area contributed by atoms with Gasteiger partial charge in [0.05, 0.1) is 6.04 Å². The van der Waals surface area contributed by atoms with E-state index < -0.39 is 6.04 Å². The Labute approximate surface area is 150 Å². The smallest absolute Gasteiger partial charge is 0.260 e. The first-order valence-electron chi connectivity index (χ1n) is 8.67. The molecule has 0 radical (unpaired) electrons. The number of nitrogens with two attached hydrogens (primary N) is 1. The van der Waals surface area contributed by atoms with Crippen molar-refractivity contribution in [2.75, 3.05) is 6.54 Å². The van der Waals surface area contributed by atoms with Crippen LogP contribution in [0, 0.1) is 0 Å². The second-order valence-electron chi connectivity index (χ2n) is 6.86. The normalized spacial score (nSPS) is 22.5. The Morgan fingerprint density at radius 1 is 1.00 bits per heavy atom. The number of hydrogen-bond donors (Lipinski definition) is 2. The van der Waals surface area contributed by atoms with Gasteiger partial charge in [0.1, 0.15) is 12.6 Å². The SMILES string of the molecule is NN1CC(=O)N2C(c3ccccc3)c3[nH]c4ccccc4c3C[C@H]2C1=O. The lowest BCUT2D eigenvalue weighted by molar-refractivity contribution is -0.158. The molecule has 0 spiro atoms. The van der Waals surface area contributed by atoms with E-state index in [1.807, 2.05) is 48.5 Å². The van der Waals surface area contributed by atoms with E-state index in [-0.39, 0.29) is 24.4 Å². The van der Waals surface area contributed by atoms with Gasteiger partial charge < -0.3 is 9.88 Å². The number of hydrazine groups is 1. The molecule has 6 heteroatoms. The van der Waals surface area contributed by atoms with Crippen molar-refractivity contribution in [3.8, 4) is 0 Å². The van der Waals surface area contributed by atoms with Crippen LogP contribution in [0.3, 0.4) is 0 Å². The third-order valence-electron chi connectivity index (χ3n) is 5.41. The predicted octanol–water partition coefficient (Wildman–Crippen LogP) is 1.73. The lowest BCUT2D eigenvalue weighted by atomic mass is 9.86. The number of para-hydroxylation sites is 1. The van der Waals surface area contributed by atoms with Crippen molar-refractivity contribution in [1.82, 2.24) is 14.9 Å². The van der Waals surface area contributed by atoms with E-state index in [2.05, 4.69) is 11.1 Å². The van der Waals surface area contributed by atoms with Gasteiger partial charge in [0, 0.05) is 23.0 Å². The van der Waals surface area contributed by atoms with Crippen molar-refractivity contribution in [1.29, 1.82) is 0 Å². The molecule has 2 aliphatic heterocycles. The van der Waals surface area contributed by atoms with Gasteiger partial charge in [-0.2, -0.15) is 0 Å². The summed E-state index contributed by atoms with van der Waals surface area (Å²) in [7, 11) is 0. The fourth-order valence-electron chi connectivity index (χ4n) is 4.27. The van der Waals surface area contributed by atoms with E-state index in [1.54, 1.807) is 4.90 Å². The highest BCUT2D eigenvalue weighted by Gasteiger charge is 2.47. The van der Waals surface area contributed by atoms with E-state index in [4.69, 9.17) is 5.84 Å². The Bertz CT molecular complexity index is 1030. The van der Waals surface area contributed by atoms with Crippen LogP contribution in [0.25, 0.3) is 10.9 Å². The highest BCUT2D eigenvalue weighted by Crippen LogP contribution is 2.42. The first-order valence-corrected chi connectivity index (χ1v) is 8.67. The van der Waals surface area contributed by atoms with Crippen LogP contribution in [0.1, 0.15) is 22.9 Å². The molecule has 2 aromatic carbocycles. The number of carbonyl (C=O) groups excluding carboxylic acids is 2. The van der Waals surface area contributed by atoms with Crippen molar-refractivity contribution in [3.63, 3.8) is 0 Å². The summed E-state index contributed by atoms with van der Waals surface area (Å²) < 4.78 is 0. The molecular formula is C20H18N4O2. The van der Waals surface area contributed by atoms with E-state index in [1.165, 1.54) is 0 Å². The van der Waals surface area contributed by atoms with Gasteiger partial charge in [0.2, 0.25) is 5.91 Å². The minimum absolute atomic E-state index is 0.0891. The number of nitrogens with one attached hydrogen (secondary N) is 1. The number of amides is 2. The Kier molecular flexibility index (Phi) is 3.17. The molecule has 2 aliphatic rings. The number of benzene rings is 2. The minimum atomic E-state index is -0.571. The summed E-state index contributed by atoms with van der Waals surface area (Å²) in [5.74, 6) is 5.46. The molecule has 3 aromatic rings. The van der Waals surface area contributed by atoms with Gasteiger partial charge in [0.15, 0.2) is 0 Å². The molecule has 1 unspecified atom stereocenters. The quantitative estimate of drug-likeness (QED) is 0.520. The Hall–Kier alpha value is -3.12. The number of carbonyl (C=O) groups is 2. The van der Waals surface area contributed by atoms with E-state index in [0.717, 1.165) is 32.7 Å². The molecule has 3 heterocycles. The highest BCUT2D eigenvalue weighted by molar-refractivity contribution is 5.97. The number of rotatable bonds is 1. The molecule has 0 bridgehead atoms. The average Bonchev–Trinajstić information content (AvgIpc) is 3.03. The van der Waals surface area contributed by atoms with Crippen molar-refractivity contribution in [2.45, 2.75) is 18.5 Å². The molecule has 2 amide bonds. The first kappa shape index (κ1) is 15.2. The topological polar surface area (TPSA) is 82.4 Å².